The maximum absolute atomic E-state index is 6.29. The van der Waals surface area contributed by atoms with E-state index >= 15 is 0 Å². The Bertz CT molecular complexity index is 161. The molecule has 1 unspecified atom stereocenters. The van der Waals surface area contributed by atoms with Gasteiger partial charge >= 0.3 is 0 Å². The average Bonchev–Trinajstić information content (AvgIpc) is 2.41. The molecule has 1 atom stereocenters. The van der Waals surface area contributed by atoms with Crippen molar-refractivity contribution in [1.82, 2.24) is 14.9 Å². The number of hydrogen-bond acceptors (Lipinski definition) is 3. The van der Waals surface area contributed by atoms with E-state index in [4.69, 9.17) is 11.6 Å². The number of rotatable bonds is 3. The molecule has 0 aliphatic carbocycles. The van der Waals surface area contributed by atoms with E-state index in [2.05, 4.69) is 49.3 Å². The Balaban J connectivity index is 2.68. The van der Waals surface area contributed by atoms with Crippen LogP contribution in [0.5, 0.6) is 0 Å². The lowest BCUT2D eigenvalue weighted by molar-refractivity contribution is 0.00372. The molecule has 1 saturated heterocycles. The molecular weight excluding hydrogens is 186 g/mol. The molecule has 0 saturated carbocycles. The highest BCUT2D eigenvalue weighted by atomic mass is 35.5. The molecule has 0 aromatic heterocycles. The molecular formula is C9H19ClN3. The largest absolute Gasteiger partial charge is 0.255 e. The monoisotopic (exact) mass is 204 g/mol. The van der Waals surface area contributed by atoms with Crippen LogP contribution in [0.3, 0.4) is 0 Å². The van der Waals surface area contributed by atoms with Gasteiger partial charge in [0.2, 0.25) is 0 Å². The van der Waals surface area contributed by atoms with Crippen LogP contribution in [0.1, 0.15) is 27.7 Å². The van der Waals surface area contributed by atoms with Gasteiger partial charge in [-0.3, -0.25) is 4.90 Å². The van der Waals surface area contributed by atoms with Crippen molar-refractivity contribution < 1.29 is 0 Å². The van der Waals surface area contributed by atoms with Gasteiger partial charge in [0.25, 0.3) is 0 Å². The van der Waals surface area contributed by atoms with Crippen molar-refractivity contribution in [3.8, 4) is 0 Å². The standard InChI is InChI=1S/C9H19ClN3/c1-5-11-7-12(6-2)13(8(3)4)9(11)10/h7-9H,5-6H2,1-4H3. The zero-order chi connectivity index (χ0) is 10.0. The highest BCUT2D eigenvalue weighted by molar-refractivity contribution is 6.20. The summed E-state index contributed by atoms with van der Waals surface area (Å²) in [6.07, 6.45) is 0. The summed E-state index contributed by atoms with van der Waals surface area (Å²) in [5.74, 6) is 0. The molecule has 0 spiro atoms. The van der Waals surface area contributed by atoms with Crippen LogP contribution in [0.4, 0.5) is 0 Å². The number of alkyl halides is 1. The average molecular weight is 205 g/mol. The summed E-state index contributed by atoms with van der Waals surface area (Å²) in [6.45, 7) is 12.6. The first-order valence-electron chi connectivity index (χ1n) is 4.91. The molecule has 13 heavy (non-hydrogen) atoms. The van der Waals surface area contributed by atoms with Gasteiger partial charge in [-0.25, -0.2) is 10.0 Å². The van der Waals surface area contributed by atoms with Gasteiger partial charge < -0.3 is 0 Å². The minimum Gasteiger partial charge on any atom is -0.255 e. The lowest BCUT2D eigenvalue weighted by Gasteiger charge is -2.31. The quantitative estimate of drug-likeness (QED) is 0.514. The molecule has 1 aliphatic rings. The third kappa shape index (κ3) is 2.15. The summed E-state index contributed by atoms with van der Waals surface area (Å²) in [6, 6.07) is 0.440. The topological polar surface area (TPSA) is 9.72 Å². The van der Waals surface area contributed by atoms with Crippen LogP contribution in [0, 0.1) is 6.67 Å². The zero-order valence-corrected chi connectivity index (χ0v) is 9.62. The molecule has 0 bridgehead atoms. The summed E-state index contributed by atoms with van der Waals surface area (Å²) in [7, 11) is 0. The molecule has 0 aromatic rings. The maximum atomic E-state index is 6.29. The van der Waals surface area contributed by atoms with Gasteiger partial charge in [0.15, 0.2) is 5.62 Å². The van der Waals surface area contributed by atoms with Crippen molar-refractivity contribution >= 4 is 11.6 Å². The van der Waals surface area contributed by atoms with Crippen LogP contribution in [-0.2, 0) is 0 Å². The third-order valence-corrected chi connectivity index (χ3v) is 2.74. The number of hydrogen-bond donors (Lipinski definition) is 0. The molecule has 0 N–H and O–H groups in total. The van der Waals surface area contributed by atoms with Gasteiger partial charge in [-0.2, -0.15) is 0 Å². The van der Waals surface area contributed by atoms with Crippen molar-refractivity contribution in [3.63, 3.8) is 0 Å². The van der Waals surface area contributed by atoms with Crippen LogP contribution < -0.4 is 0 Å². The van der Waals surface area contributed by atoms with E-state index in [1.165, 1.54) is 0 Å². The summed E-state index contributed by atoms with van der Waals surface area (Å²) in [5, 5.41) is 4.36. The SMILES string of the molecule is CCN1[CH]N(CC)N(C(C)C)C1Cl. The van der Waals surface area contributed by atoms with E-state index in [1.54, 1.807) is 0 Å². The summed E-state index contributed by atoms with van der Waals surface area (Å²) in [5.41, 5.74) is -0.0232. The van der Waals surface area contributed by atoms with Gasteiger partial charge in [0.1, 0.15) is 6.67 Å². The number of halogens is 1. The Morgan fingerprint density at radius 3 is 2.23 bits per heavy atom. The highest BCUT2D eigenvalue weighted by Gasteiger charge is 2.36. The molecule has 0 aromatic carbocycles. The Morgan fingerprint density at radius 2 is 1.92 bits per heavy atom. The fourth-order valence-electron chi connectivity index (χ4n) is 1.58. The molecule has 1 rings (SSSR count). The van der Waals surface area contributed by atoms with Gasteiger partial charge in [-0.05, 0) is 20.4 Å². The lowest BCUT2D eigenvalue weighted by atomic mass is 10.4. The third-order valence-electron chi connectivity index (χ3n) is 2.29. The molecule has 1 aliphatic heterocycles. The van der Waals surface area contributed by atoms with E-state index in [9.17, 15) is 0 Å². The fourth-order valence-corrected chi connectivity index (χ4v) is 2.11. The van der Waals surface area contributed by atoms with Gasteiger partial charge in [-0.1, -0.05) is 25.4 Å². The molecule has 4 heteroatoms. The number of nitrogens with zero attached hydrogens (tertiary/aromatic N) is 3. The zero-order valence-electron chi connectivity index (χ0n) is 8.87. The summed E-state index contributed by atoms with van der Waals surface area (Å²) >= 11 is 6.29. The first-order chi connectivity index (χ1) is 6.11. The normalized spacial score (nSPS) is 27.7. The smallest absolute Gasteiger partial charge is 0.154 e. The highest BCUT2D eigenvalue weighted by Crippen LogP contribution is 2.26. The number of hydrazine groups is 1. The van der Waals surface area contributed by atoms with Crippen LogP contribution in [0.15, 0.2) is 0 Å². The molecule has 1 heterocycles. The second kappa shape index (κ2) is 4.60. The predicted molar refractivity (Wildman–Crippen MR) is 55.7 cm³/mol. The minimum atomic E-state index is -0.0232. The predicted octanol–water partition coefficient (Wildman–Crippen LogP) is 1.91. The van der Waals surface area contributed by atoms with E-state index in [1.807, 2.05) is 0 Å². The summed E-state index contributed by atoms with van der Waals surface area (Å²) in [4.78, 5) is 2.13. The van der Waals surface area contributed by atoms with Crippen molar-refractivity contribution in [2.24, 2.45) is 0 Å². The molecule has 77 valence electrons. The Hall–Kier alpha value is 0.170. The lowest BCUT2D eigenvalue weighted by Crippen LogP contribution is -2.44. The molecule has 1 radical (unpaired) electrons. The Morgan fingerprint density at radius 1 is 1.31 bits per heavy atom. The Labute approximate surface area is 86.2 Å². The van der Waals surface area contributed by atoms with Crippen molar-refractivity contribution in [2.45, 2.75) is 39.4 Å². The second-order valence-corrected chi connectivity index (χ2v) is 3.88. The van der Waals surface area contributed by atoms with Crippen LogP contribution in [0.2, 0.25) is 0 Å². The van der Waals surface area contributed by atoms with Crippen LogP contribution in [-0.4, -0.2) is 39.7 Å². The van der Waals surface area contributed by atoms with Gasteiger partial charge in [-0.15, -0.1) is 0 Å². The van der Waals surface area contributed by atoms with Gasteiger partial charge in [0, 0.05) is 12.6 Å². The first-order valence-corrected chi connectivity index (χ1v) is 5.35. The van der Waals surface area contributed by atoms with Crippen LogP contribution in [0.25, 0.3) is 0 Å². The van der Waals surface area contributed by atoms with E-state index in [0.29, 0.717) is 6.04 Å². The van der Waals surface area contributed by atoms with E-state index in [-0.39, 0.29) is 5.62 Å². The van der Waals surface area contributed by atoms with Crippen molar-refractivity contribution in [2.75, 3.05) is 13.1 Å². The minimum absolute atomic E-state index is 0.0232. The molecule has 3 nitrogen and oxygen atoms in total. The van der Waals surface area contributed by atoms with E-state index in [0.717, 1.165) is 13.1 Å². The first kappa shape index (κ1) is 11.2. The molecule has 0 amide bonds. The molecule has 1 fully saturated rings. The Kier molecular flexibility index (Phi) is 3.98. The second-order valence-electron chi connectivity index (χ2n) is 3.49. The maximum Gasteiger partial charge on any atom is 0.154 e. The van der Waals surface area contributed by atoms with Gasteiger partial charge in [0.05, 0.1) is 0 Å². The van der Waals surface area contributed by atoms with Crippen molar-refractivity contribution in [3.05, 3.63) is 6.67 Å². The van der Waals surface area contributed by atoms with E-state index < -0.39 is 0 Å². The van der Waals surface area contributed by atoms with Crippen LogP contribution >= 0.6 is 11.6 Å². The van der Waals surface area contributed by atoms with Crippen molar-refractivity contribution in [1.29, 1.82) is 0 Å². The fraction of sp³-hybridized carbons (Fsp3) is 0.889. The summed E-state index contributed by atoms with van der Waals surface area (Å²) < 4.78 is 0.